The molecule has 2 aliphatic carbocycles. The maximum Gasteiger partial charge on any atom is 0.251 e. The lowest BCUT2D eigenvalue weighted by Gasteiger charge is -2.23. The van der Waals surface area contributed by atoms with Crippen LogP contribution in [0.3, 0.4) is 0 Å². The molecule has 0 saturated heterocycles. The molecule has 5 nitrogen and oxygen atoms in total. The van der Waals surface area contributed by atoms with Crippen LogP contribution in [0.4, 0.5) is 0 Å². The second kappa shape index (κ2) is 7.92. The fourth-order valence-corrected chi connectivity index (χ4v) is 5.83. The van der Waals surface area contributed by atoms with Crippen LogP contribution in [0.2, 0.25) is 0 Å². The molecule has 3 unspecified atom stereocenters. The van der Waals surface area contributed by atoms with Gasteiger partial charge in [-0.3, -0.25) is 4.79 Å². The van der Waals surface area contributed by atoms with E-state index in [9.17, 15) is 13.2 Å². The van der Waals surface area contributed by atoms with Gasteiger partial charge in [0.05, 0.1) is 4.90 Å². The average Bonchev–Trinajstić information content (AvgIpc) is 3.32. The fraction of sp³-hybridized carbons (Fsp3) is 0.435. The molecule has 2 bridgehead atoms. The summed E-state index contributed by atoms with van der Waals surface area (Å²) in [4.78, 5) is 12.8. The van der Waals surface area contributed by atoms with Gasteiger partial charge in [-0.25, -0.2) is 8.42 Å². The summed E-state index contributed by atoms with van der Waals surface area (Å²) < 4.78 is 26.8. The quantitative estimate of drug-likeness (QED) is 0.786. The summed E-state index contributed by atoms with van der Waals surface area (Å²) in [6.45, 7) is 2.18. The summed E-state index contributed by atoms with van der Waals surface area (Å²) in [5.74, 6) is 1.40. The highest BCUT2D eigenvalue weighted by Gasteiger charge is 2.40. The number of carbonyl (C=O) groups excluding carboxylic acids is 1. The summed E-state index contributed by atoms with van der Waals surface area (Å²) in [5, 5.41) is 3.19. The molecular weight excluding hydrogens is 384 g/mol. The van der Waals surface area contributed by atoms with Crippen LogP contribution in [0, 0.1) is 18.8 Å². The molecule has 2 aliphatic rings. The predicted molar refractivity (Wildman–Crippen MR) is 113 cm³/mol. The molecule has 0 spiro atoms. The molecule has 0 heterocycles. The second-order valence-corrected chi connectivity index (χ2v) is 10.6. The lowest BCUT2D eigenvalue weighted by atomic mass is 9.95. The average molecular weight is 413 g/mol. The first-order valence-electron chi connectivity index (χ1n) is 10.3. The smallest absolute Gasteiger partial charge is 0.251 e. The number of fused-ring (bicyclic) bond motifs is 2. The number of sulfonamides is 1. The zero-order valence-corrected chi connectivity index (χ0v) is 17.8. The van der Waals surface area contributed by atoms with E-state index in [1.54, 1.807) is 43.4 Å². The van der Waals surface area contributed by atoms with E-state index in [0.717, 1.165) is 23.5 Å². The summed E-state index contributed by atoms with van der Waals surface area (Å²) in [7, 11) is -1.97. The van der Waals surface area contributed by atoms with E-state index in [2.05, 4.69) is 5.32 Å². The van der Waals surface area contributed by atoms with Crippen LogP contribution in [0.5, 0.6) is 0 Å². The van der Waals surface area contributed by atoms with Crippen LogP contribution in [0.15, 0.2) is 53.4 Å². The van der Waals surface area contributed by atoms with Crippen molar-refractivity contribution in [2.45, 2.75) is 50.1 Å². The molecule has 1 amide bonds. The van der Waals surface area contributed by atoms with Crippen molar-refractivity contribution in [3.8, 4) is 0 Å². The van der Waals surface area contributed by atoms with Gasteiger partial charge in [0, 0.05) is 25.2 Å². The van der Waals surface area contributed by atoms with Gasteiger partial charge in [-0.15, -0.1) is 0 Å². The Bertz CT molecular complexity index is 984. The van der Waals surface area contributed by atoms with Gasteiger partial charge in [-0.1, -0.05) is 36.2 Å². The molecule has 154 valence electrons. The molecule has 2 saturated carbocycles. The van der Waals surface area contributed by atoms with Crippen LogP contribution in [0.25, 0.3) is 0 Å². The maximum atomic E-state index is 12.7. The zero-order chi connectivity index (χ0) is 20.6. The van der Waals surface area contributed by atoms with Crippen molar-refractivity contribution in [1.29, 1.82) is 0 Å². The normalized spacial score (nSPS) is 23.5. The van der Waals surface area contributed by atoms with Crippen molar-refractivity contribution < 1.29 is 13.2 Å². The Morgan fingerprint density at radius 2 is 1.72 bits per heavy atom. The molecule has 2 aromatic rings. The number of nitrogens with zero attached hydrogens (tertiary/aromatic N) is 1. The monoisotopic (exact) mass is 412 g/mol. The van der Waals surface area contributed by atoms with Crippen LogP contribution < -0.4 is 5.32 Å². The molecule has 4 rings (SSSR count). The summed E-state index contributed by atoms with van der Waals surface area (Å²) in [6.07, 6.45) is 4.91. The van der Waals surface area contributed by atoms with Crippen molar-refractivity contribution in [3.05, 3.63) is 65.2 Å². The van der Waals surface area contributed by atoms with Crippen molar-refractivity contribution in [2.24, 2.45) is 11.8 Å². The molecule has 3 atom stereocenters. The Morgan fingerprint density at radius 1 is 1.03 bits per heavy atom. The minimum Gasteiger partial charge on any atom is -0.349 e. The molecule has 0 aromatic heterocycles. The third-order valence-electron chi connectivity index (χ3n) is 6.41. The van der Waals surface area contributed by atoms with E-state index in [1.807, 2.05) is 19.1 Å². The molecule has 0 aliphatic heterocycles. The van der Waals surface area contributed by atoms with Crippen molar-refractivity contribution in [3.63, 3.8) is 0 Å². The Labute approximate surface area is 173 Å². The summed E-state index contributed by atoms with van der Waals surface area (Å²) in [6, 6.07) is 14.4. The van der Waals surface area contributed by atoms with Crippen LogP contribution in [-0.2, 0) is 16.6 Å². The minimum atomic E-state index is -3.55. The van der Waals surface area contributed by atoms with Gasteiger partial charge < -0.3 is 5.32 Å². The molecule has 2 aromatic carbocycles. The number of hydrogen-bond acceptors (Lipinski definition) is 3. The number of aryl methyl sites for hydroxylation is 1. The standard InChI is InChI=1S/C23H28N2O3S/c1-16-3-11-21(12-4-16)29(27,28)25(2)15-17-5-8-19(9-6-17)23(26)24-22-14-18-7-10-20(22)13-18/h3-6,8-9,11-12,18,20,22H,7,10,13-15H2,1-2H3,(H,24,26). The summed E-state index contributed by atoms with van der Waals surface area (Å²) >= 11 is 0. The van der Waals surface area contributed by atoms with E-state index >= 15 is 0 Å². The number of carbonyl (C=O) groups is 1. The first kappa shape index (κ1) is 20.1. The lowest BCUT2D eigenvalue weighted by Crippen LogP contribution is -2.38. The number of hydrogen-bond donors (Lipinski definition) is 1. The lowest BCUT2D eigenvalue weighted by molar-refractivity contribution is 0.0923. The third-order valence-corrected chi connectivity index (χ3v) is 8.22. The molecule has 1 N–H and O–H groups in total. The predicted octanol–water partition coefficient (Wildman–Crippen LogP) is 3.73. The molecular formula is C23H28N2O3S. The van der Waals surface area contributed by atoms with Gasteiger partial charge in [-0.2, -0.15) is 4.31 Å². The summed E-state index contributed by atoms with van der Waals surface area (Å²) in [5.41, 5.74) is 2.49. The molecule has 0 radical (unpaired) electrons. The van der Waals surface area contributed by atoms with E-state index < -0.39 is 10.0 Å². The maximum absolute atomic E-state index is 12.7. The van der Waals surface area contributed by atoms with Crippen LogP contribution in [0.1, 0.15) is 47.2 Å². The van der Waals surface area contributed by atoms with Gasteiger partial charge in [0.25, 0.3) is 5.91 Å². The minimum absolute atomic E-state index is 0.0327. The second-order valence-electron chi connectivity index (χ2n) is 8.53. The zero-order valence-electron chi connectivity index (χ0n) is 17.0. The van der Waals surface area contributed by atoms with E-state index in [0.29, 0.717) is 17.5 Å². The highest BCUT2D eigenvalue weighted by Crippen LogP contribution is 2.44. The number of benzene rings is 2. The van der Waals surface area contributed by atoms with Crippen molar-refractivity contribution in [1.82, 2.24) is 9.62 Å². The first-order valence-corrected chi connectivity index (χ1v) is 11.7. The molecule has 6 heteroatoms. The fourth-order valence-electron chi connectivity index (χ4n) is 4.67. The Hall–Kier alpha value is -2.18. The van der Waals surface area contributed by atoms with Crippen LogP contribution in [-0.4, -0.2) is 31.7 Å². The van der Waals surface area contributed by atoms with E-state index in [4.69, 9.17) is 0 Å². The largest absolute Gasteiger partial charge is 0.349 e. The number of nitrogens with one attached hydrogen (secondary N) is 1. The van der Waals surface area contributed by atoms with Gasteiger partial charge in [0.15, 0.2) is 0 Å². The highest BCUT2D eigenvalue weighted by molar-refractivity contribution is 7.89. The van der Waals surface area contributed by atoms with Gasteiger partial charge in [0.2, 0.25) is 10.0 Å². The topological polar surface area (TPSA) is 66.5 Å². The third kappa shape index (κ3) is 4.23. The van der Waals surface area contributed by atoms with Crippen LogP contribution >= 0.6 is 0 Å². The molecule has 2 fully saturated rings. The SMILES string of the molecule is Cc1ccc(S(=O)(=O)N(C)Cc2ccc(C(=O)NC3CC4CCC3C4)cc2)cc1. The Kier molecular flexibility index (Phi) is 5.49. The Balaban J connectivity index is 1.38. The Morgan fingerprint density at radius 3 is 2.31 bits per heavy atom. The van der Waals surface area contributed by atoms with E-state index in [-0.39, 0.29) is 17.3 Å². The highest BCUT2D eigenvalue weighted by atomic mass is 32.2. The first-order chi connectivity index (χ1) is 13.8. The van der Waals surface area contributed by atoms with Gasteiger partial charge >= 0.3 is 0 Å². The van der Waals surface area contributed by atoms with Gasteiger partial charge in [-0.05, 0) is 67.9 Å². The van der Waals surface area contributed by atoms with Gasteiger partial charge in [0.1, 0.15) is 0 Å². The molecule has 29 heavy (non-hydrogen) atoms. The number of rotatable bonds is 6. The van der Waals surface area contributed by atoms with Crippen molar-refractivity contribution >= 4 is 15.9 Å². The van der Waals surface area contributed by atoms with E-state index in [1.165, 1.54) is 23.6 Å². The van der Waals surface area contributed by atoms with Crippen molar-refractivity contribution in [2.75, 3.05) is 7.05 Å². The number of amides is 1.